The van der Waals surface area contributed by atoms with Crippen LogP contribution in [0.2, 0.25) is 5.02 Å². The molecule has 0 radical (unpaired) electrons. The van der Waals surface area contributed by atoms with Gasteiger partial charge in [0.2, 0.25) is 0 Å². The number of ether oxygens (including phenoxy) is 3. The summed E-state index contributed by atoms with van der Waals surface area (Å²) < 4.78 is 15.6. The number of benzene rings is 2. The zero-order chi connectivity index (χ0) is 15.2. The molecular weight excluding hydrogens is 292 g/mol. The SMILES string of the molecule is COC(=O)c1ccc(OC)cc1OCc1ccc(Cl)cc1. The molecule has 0 bridgehead atoms. The monoisotopic (exact) mass is 306 g/mol. The van der Waals surface area contributed by atoms with Crippen molar-refractivity contribution in [2.75, 3.05) is 14.2 Å². The molecule has 0 saturated heterocycles. The number of carbonyl (C=O) groups excluding carboxylic acids is 1. The van der Waals surface area contributed by atoms with Crippen LogP contribution >= 0.6 is 11.6 Å². The van der Waals surface area contributed by atoms with E-state index in [1.54, 1.807) is 37.4 Å². The van der Waals surface area contributed by atoms with E-state index in [0.717, 1.165) is 5.56 Å². The zero-order valence-electron chi connectivity index (χ0n) is 11.8. The van der Waals surface area contributed by atoms with Crippen molar-refractivity contribution in [3.63, 3.8) is 0 Å². The molecule has 0 heterocycles. The Morgan fingerprint density at radius 3 is 2.43 bits per heavy atom. The normalized spacial score (nSPS) is 10.0. The Labute approximate surface area is 128 Å². The summed E-state index contributed by atoms with van der Waals surface area (Å²) in [6, 6.07) is 12.2. The molecule has 0 saturated carbocycles. The Bertz CT molecular complexity index is 623. The number of hydrogen-bond donors (Lipinski definition) is 0. The first-order valence-corrected chi connectivity index (χ1v) is 6.65. The van der Waals surface area contributed by atoms with E-state index in [2.05, 4.69) is 0 Å². The van der Waals surface area contributed by atoms with Gasteiger partial charge in [0.25, 0.3) is 0 Å². The van der Waals surface area contributed by atoms with Crippen LogP contribution in [-0.4, -0.2) is 20.2 Å². The van der Waals surface area contributed by atoms with Gasteiger partial charge in [0.15, 0.2) is 0 Å². The van der Waals surface area contributed by atoms with Gasteiger partial charge in [-0.1, -0.05) is 23.7 Å². The van der Waals surface area contributed by atoms with Crippen molar-refractivity contribution in [1.82, 2.24) is 0 Å². The predicted molar refractivity (Wildman–Crippen MR) is 80.1 cm³/mol. The van der Waals surface area contributed by atoms with E-state index in [9.17, 15) is 4.79 Å². The Balaban J connectivity index is 2.20. The summed E-state index contributed by atoms with van der Waals surface area (Å²) in [4.78, 5) is 11.7. The molecule has 2 aromatic rings. The first kappa shape index (κ1) is 15.2. The maximum absolute atomic E-state index is 11.7. The van der Waals surface area contributed by atoms with Crippen LogP contribution in [0.25, 0.3) is 0 Å². The van der Waals surface area contributed by atoms with Gasteiger partial charge in [-0.3, -0.25) is 0 Å². The summed E-state index contributed by atoms with van der Waals surface area (Å²) in [6.45, 7) is 0.314. The largest absolute Gasteiger partial charge is 0.497 e. The van der Waals surface area contributed by atoms with Crippen LogP contribution in [0.1, 0.15) is 15.9 Å². The van der Waals surface area contributed by atoms with Crippen molar-refractivity contribution in [1.29, 1.82) is 0 Å². The van der Waals surface area contributed by atoms with E-state index in [4.69, 9.17) is 25.8 Å². The van der Waals surface area contributed by atoms with Crippen LogP contribution in [0.4, 0.5) is 0 Å². The molecule has 0 N–H and O–H groups in total. The summed E-state index contributed by atoms with van der Waals surface area (Å²) >= 11 is 5.84. The highest BCUT2D eigenvalue weighted by Gasteiger charge is 2.14. The fraction of sp³-hybridized carbons (Fsp3) is 0.188. The lowest BCUT2D eigenvalue weighted by molar-refractivity contribution is 0.0595. The Hall–Kier alpha value is -2.20. The van der Waals surface area contributed by atoms with Gasteiger partial charge in [-0.15, -0.1) is 0 Å². The summed E-state index contributed by atoms with van der Waals surface area (Å²) in [5.41, 5.74) is 1.30. The fourth-order valence-corrected chi connectivity index (χ4v) is 1.90. The van der Waals surface area contributed by atoms with Gasteiger partial charge in [0, 0.05) is 11.1 Å². The smallest absolute Gasteiger partial charge is 0.341 e. The molecule has 0 spiro atoms. The molecule has 0 aliphatic carbocycles. The second-order valence-electron chi connectivity index (χ2n) is 4.27. The zero-order valence-corrected chi connectivity index (χ0v) is 12.5. The summed E-state index contributed by atoms with van der Waals surface area (Å²) in [6.07, 6.45) is 0. The summed E-state index contributed by atoms with van der Waals surface area (Å²) in [5.74, 6) is 0.564. The molecule has 5 heteroatoms. The third kappa shape index (κ3) is 3.89. The number of rotatable bonds is 5. The first-order chi connectivity index (χ1) is 10.1. The molecular formula is C16H15ClO4. The van der Waals surface area contributed by atoms with Gasteiger partial charge < -0.3 is 14.2 Å². The molecule has 0 unspecified atom stereocenters. The summed E-state index contributed by atoms with van der Waals surface area (Å²) in [7, 11) is 2.88. The average molecular weight is 307 g/mol. The Morgan fingerprint density at radius 1 is 1.10 bits per heavy atom. The lowest BCUT2D eigenvalue weighted by Gasteiger charge is -2.12. The van der Waals surface area contributed by atoms with Crippen LogP contribution in [0, 0.1) is 0 Å². The van der Waals surface area contributed by atoms with Crippen molar-refractivity contribution in [2.45, 2.75) is 6.61 Å². The molecule has 0 aliphatic heterocycles. The maximum Gasteiger partial charge on any atom is 0.341 e. The van der Waals surface area contributed by atoms with E-state index in [1.807, 2.05) is 12.1 Å². The van der Waals surface area contributed by atoms with E-state index in [1.165, 1.54) is 7.11 Å². The summed E-state index contributed by atoms with van der Waals surface area (Å²) in [5, 5.41) is 0.662. The molecule has 4 nitrogen and oxygen atoms in total. The highest BCUT2D eigenvalue weighted by atomic mass is 35.5. The van der Waals surface area contributed by atoms with E-state index >= 15 is 0 Å². The van der Waals surface area contributed by atoms with Crippen LogP contribution in [0.15, 0.2) is 42.5 Å². The number of hydrogen-bond acceptors (Lipinski definition) is 4. The van der Waals surface area contributed by atoms with Gasteiger partial charge >= 0.3 is 5.97 Å². The van der Waals surface area contributed by atoms with Gasteiger partial charge in [-0.2, -0.15) is 0 Å². The molecule has 0 atom stereocenters. The predicted octanol–water partition coefficient (Wildman–Crippen LogP) is 3.71. The second-order valence-corrected chi connectivity index (χ2v) is 4.71. The number of halogens is 1. The standard InChI is InChI=1S/C16H15ClO4/c1-19-13-7-8-14(16(18)20-2)15(9-13)21-10-11-3-5-12(17)6-4-11/h3-9H,10H2,1-2H3. The van der Waals surface area contributed by atoms with Gasteiger partial charge in [0.1, 0.15) is 23.7 Å². The van der Waals surface area contributed by atoms with Crippen molar-refractivity contribution in [2.24, 2.45) is 0 Å². The molecule has 0 aliphatic rings. The topological polar surface area (TPSA) is 44.8 Å². The fourth-order valence-electron chi connectivity index (χ4n) is 1.77. The molecule has 2 rings (SSSR count). The van der Waals surface area contributed by atoms with E-state index in [0.29, 0.717) is 28.7 Å². The van der Waals surface area contributed by atoms with Crippen LogP contribution in [-0.2, 0) is 11.3 Å². The third-order valence-corrected chi connectivity index (χ3v) is 3.15. The van der Waals surface area contributed by atoms with Crippen LogP contribution < -0.4 is 9.47 Å². The first-order valence-electron chi connectivity index (χ1n) is 6.27. The van der Waals surface area contributed by atoms with Crippen LogP contribution in [0.3, 0.4) is 0 Å². The van der Waals surface area contributed by atoms with E-state index < -0.39 is 5.97 Å². The van der Waals surface area contributed by atoms with Crippen molar-refractivity contribution >= 4 is 17.6 Å². The van der Waals surface area contributed by atoms with Gasteiger partial charge in [-0.05, 0) is 29.8 Å². The molecule has 2 aromatic carbocycles. The van der Waals surface area contributed by atoms with Crippen molar-refractivity contribution in [3.8, 4) is 11.5 Å². The highest BCUT2D eigenvalue weighted by Crippen LogP contribution is 2.26. The maximum atomic E-state index is 11.7. The van der Waals surface area contributed by atoms with E-state index in [-0.39, 0.29) is 0 Å². The average Bonchev–Trinajstić information content (AvgIpc) is 2.53. The van der Waals surface area contributed by atoms with Gasteiger partial charge in [0.05, 0.1) is 14.2 Å². The minimum Gasteiger partial charge on any atom is -0.497 e. The second kappa shape index (κ2) is 6.99. The molecule has 0 amide bonds. The molecule has 21 heavy (non-hydrogen) atoms. The minimum absolute atomic E-state index is 0.314. The highest BCUT2D eigenvalue weighted by molar-refractivity contribution is 6.30. The third-order valence-electron chi connectivity index (χ3n) is 2.90. The number of methoxy groups -OCH3 is 2. The van der Waals surface area contributed by atoms with Crippen molar-refractivity contribution < 1.29 is 19.0 Å². The molecule has 110 valence electrons. The number of carbonyl (C=O) groups is 1. The Morgan fingerprint density at radius 2 is 1.81 bits per heavy atom. The molecule has 0 fully saturated rings. The quantitative estimate of drug-likeness (QED) is 0.790. The lowest BCUT2D eigenvalue weighted by atomic mass is 10.2. The minimum atomic E-state index is -0.455. The Kier molecular flexibility index (Phi) is 5.06. The van der Waals surface area contributed by atoms with Crippen molar-refractivity contribution in [3.05, 3.63) is 58.6 Å². The van der Waals surface area contributed by atoms with Crippen LogP contribution in [0.5, 0.6) is 11.5 Å². The lowest BCUT2D eigenvalue weighted by Crippen LogP contribution is -2.06. The molecule has 0 aromatic heterocycles. The number of esters is 1. The van der Waals surface area contributed by atoms with Gasteiger partial charge in [-0.25, -0.2) is 4.79 Å².